The first-order chi connectivity index (χ1) is 10.9. The maximum atomic E-state index is 12.1. The summed E-state index contributed by atoms with van der Waals surface area (Å²) in [6.07, 6.45) is 1.97. The maximum absolute atomic E-state index is 12.1. The van der Waals surface area contributed by atoms with Crippen LogP contribution >= 0.6 is 15.9 Å². The minimum absolute atomic E-state index is 0.101. The lowest BCUT2D eigenvalue weighted by Gasteiger charge is -2.12. The standard InChI is InChI=1S/C14H16BrN5O3/c1-7(2)10-9(15)11(20-19-10)13(22)23-8(3)12(21)18-14-16-5-4-6-17-14/h4-8H,1-3H3,(H,19,20)(H,16,17,18,21). The molecule has 0 radical (unpaired) electrons. The molecule has 0 fully saturated rings. The molecule has 0 aliphatic heterocycles. The highest BCUT2D eigenvalue weighted by Crippen LogP contribution is 2.26. The van der Waals surface area contributed by atoms with Crippen molar-refractivity contribution in [3.8, 4) is 0 Å². The quantitative estimate of drug-likeness (QED) is 0.768. The molecule has 0 saturated carbocycles. The third-order valence-electron chi connectivity index (χ3n) is 2.96. The number of amides is 1. The molecule has 9 heteroatoms. The third-order valence-corrected chi connectivity index (χ3v) is 3.76. The van der Waals surface area contributed by atoms with Gasteiger partial charge in [-0.05, 0) is 34.8 Å². The zero-order valence-corrected chi connectivity index (χ0v) is 14.4. The van der Waals surface area contributed by atoms with E-state index in [0.29, 0.717) is 4.47 Å². The Bertz CT molecular complexity index is 702. The summed E-state index contributed by atoms with van der Waals surface area (Å²) in [4.78, 5) is 31.8. The van der Waals surface area contributed by atoms with Crippen LogP contribution in [0.3, 0.4) is 0 Å². The second-order valence-corrected chi connectivity index (χ2v) is 5.86. The molecule has 2 aromatic rings. The molecule has 2 heterocycles. The summed E-state index contributed by atoms with van der Waals surface area (Å²) in [5, 5.41) is 9.17. The summed E-state index contributed by atoms with van der Waals surface area (Å²) in [6, 6.07) is 1.63. The van der Waals surface area contributed by atoms with Crippen LogP contribution in [0.15, 0.2) is 22.9 Å². The smallest absolute Gasteiger partial charge is 0.360 e. The number of H-pyrrole nitrogens is 1. The van der Waals surface area contributed by atoms with E-state index in [-0.39, 0.29) is 17.6 Å². The number of aromatic amines is 1. The molecule has 0 bridgehead atoms. The van der Waals surface area contributed by atoms with Crippen molar-refractivity contribution in [1.29, 1.82) is 0 Å². The summed E-state index contributed by atoms with van der Waals surface area (Å²) < 4.78 is 5.66. The molecule has 0 aliphatic rings. The summed E-state index contributed by atoms with van der Waals surface area (Å²) in [6.45, 7) is 5.38. The number of carbonyl (C=O) groups excluding carboxylic acids is 2. The maximum Gasteiger partial charge on any atom is 0.360 e. The Balaban J connectivity index is 2.01. The number of nitrogens with one attached hydrogen (secondary N) is 2. The molecule has 1 atom stereocenters. The van der Waals surface area contributed by atoms with Crippen LogP contribution < -0.4 is 5.32 Å². The van der Waals surface area contributed by atoms with Crippen LogP contribution in [-0.4, -0.2) is 38.1 Å². The van der Waals surface area contributed by atoms with Crippen LogP contribution in [0.4, 0.5) is 5.95 Å². The predicted octanol–water partition coefficient (Wildman–Crippen LogP) is 2.27. The van der Waals surface area contributed by atoms with E-state index < -0.39 is 18.0 Å². The van der Waals surface area contributed by atoms with Crippen molar-refractivity contribution in [2.75, 3.05) is 5.32 Å². The lowest BCUT2D eigenvalue weighted by molar-refractivity contribution is -0.123. The number of halogens is 1. The van der Waals surface area contributed by atoms with Gasteiger partial charge in [0.05, 0.1) is 10.2 Å². The topological polar surface area (TPSA) is 110 Å². The van der Waals surface area contributed by atoms with E-state index >= 15 is 0 Å². The Morgan fingerprint density at radius 2 is 1.91 bits per heavy atom. The first-order valence-corrected chi connectivity index (χ1v) is 7.72. The van der Waals surface area contributed by atoms with Gasteiger partial charge in [0.1, 0.15) is 0 Å². The normalized spacial score (nSPS) is 12.0. The fourth-order valence-corrected chi connectivity index (χ4v) is 2.50. The average Bonchev–Trinajstić information content (AvgIpc) is 2.90. The Kier molecular flexibility index (Phi) is 5.43. The molecule has 2 N–H and O–H groups in total. The lowest BCUT2D eigenvalue weighted by Crippen LogP contribution is -2.30. The number of esters is 1. The first kappa shape index (κ1) is 17.1. The zero-order valence-electron chi connectivity index (χ0n) is 12.8. The molecule has 1 amide bonds. The van der Waals surface area contributed by atoms with Gasteiger partial charge in [0.2, 0.25) is 5.95 Å². The molecule has 0 aromatic carbocycles. The van der Waals surface area contributed by atoms with Crippen LogP contribution in [0.1, 0.15) is 42.9 Å². The number of hydrogen-bond acceptors (Lipinski definition) is 6. The fraction of sp³-hybridized carbons (Fsp3) is 0.357. The van der Waals surface area contributed by atoms with Crippen molar-refractivity contribution < 1.29 is 14.3 Å². The van der Waals surface area contributed by atoms with Gasteiger partial charge in [0, 0.05) is 12.4 Å². The van der Waals surface area contributed by atoms with E-state index in [1.54, 1.807) is 6.07 Å². The molecule has 0 aliphatic carbocycles. The second kappa shape index (κ2) is 7.32. The third kappa shape index (κ3) is 4.13. The van der Waals surface area contributed by atoms with Crippen LogP contribution in [0.25, 0.3) is 0 Å². The number of aromatic nitrogens is 4. The summed E-state index contributed by atoms with van der Waals surface area (Å²) in [7, 11) is 0. The van der Waals surface area contributed by atoms with Crippen molar-refractivity contribution in [2.24, 2.45) is 0 Å². The Labute approximate surface area is 141 Å². The van der Waals surface area contributed by atoms with E-state index in [1.807, 2.05) is 13.8 Å². The Morgan fingerprint density at radius 3 is 2.48 bits per heavy atom. The SMILES string of the molecule is CC(OC(=O)c1n[nH]c(C(C)C)c1Br)C(=O)Nc1ncccn1. The number of rotatable bonds is 5. The highest BCUT2D eigenvalue weighted by Gasteiger charge is 2.25. The molecular formula is C14H16BrN5O3. The van der Waals surface area contributed by atoms with E-state index in [4.69, 9.17) is 4.74 Å². The molecule has 23 heavy (non-hydrogen) atoms. The summed E-state index contributed by atoms with van der Waals surface area (Å²) in [5.41, 5.74) is 0.885. The van der Waals surface area contributed by atoms with Gasteiger partial charge >= 0.3 is 5.97 Å². The zero-order chi connectivity index (χ0) is 17.0. The molecular weight excluding hydrogens is 366 g/mol. The monoisotopic (exact) mass is 381 g/mol. The van der Waals surface area contributed by atoms with Crippen molar-refractivity contribution in [2.45, 2.75) is 32.8 Å². The average molecular weight is 382 g/mol. The molecule has 122 valence electrons. The van der Waals surface area contributed by atoms with Gasteiger partial charge in [-0.15, -0.1) is 0 Å². The number of carbonyl (C=O) groups is 2. The van der Waals surface area contributed by atoms with Crippen LogP contribution in [0, 0.1) is 0 Å². The van der Waals surface area contributed by atoms with E-state index in [1.165, 1.54) is 19.3 Å². The highest BCUT2D eigenvalue weighted by molar-refractivity contribution is 9.10. The van der Waals surface area contributed by atoms with Crippen LogP contribution in [-0.2, 0) is 9.53 Å². The molecule has 8 nitrogen and oxygen atoms in total. The van der Waals surface area contributed by atoms with Gasteiger partial charge in [-0.1, -0.05) is 13.8 Å². The number of ether oxygens (including phenoxy) is 1. The van der Waals surface area contributed by atoms with Gasteiger partial charge in [-0.25, -0.2) is 14.8 Å². The lowest BCUT2D eigenvalue weighted by atomic mass is 10.1. The minimum Gasteiger partial charge on any atom is -0.448 e. The van der Waals surface area contributed by atoms with Crippen molar-refractivity contribution >= 4 is 33.8 Å². The molecule has 2 aromatic heterocycles. The van der Waals surface area contributed by atoms with Crippen LogP contribution in [0.2, 0.25) is 0 Å². The fourth-order valence-electron chi connectivity index (χ4n) is 1.71. The van der Waals surface area contributed by atoms with Crippen molar-refractivity contribution in [3.63, 3.8) is 0 Å². The number of hydrogen-bond donors (Lipinski definition) is 2. The second-order valence-electron chi connectivity index (χ2n) is 5.06. The predicted molar refractivity (Wildman–Crippen MR) is 85.9 cm³/mol. The number of anilines is 1. The van der Waals surface area contributed by atoms with Crippen molar-refractivity contribution in [3.05, 3.63) is 34.3 Å². The highest BCUT2D eigenvalue weighted by atomic mass is 79.9. The Morgan fingerprint density at radius 1 is 1.26 bits per heavy atom. The molecule has 1 unspecified atom stereocenters. The van der Waals surface area contributed by atoms with Gasteiger partial charge in [-0.3, -0.25) is 15.2 Å². The van der Waals surface area contributed by atoms with E-state index in [0.717, 1.165) is 5.69 Å². The molecule has 0 saturated heterocycles. The van der Waals surface area contributed by atoms with Crippen LogP contribution in [0.5, 0.6) is 0 Å². The van der Waals surface area contributed by atoms with Gasteiger partial charge in [0.15, 0.2) is 11.8 Å². The largest absolute Gasteiger partial charge is 0.448 e. The Hall–Kier alpha value is -2.29. The van der Waals surface area contributed by atoms with E-state index in [9.17, 15) is 9.59 Å². The van der Waals surface area contributed by atoms with Gasteiger partial charge < -0.3 is 4.74 Å². The van der Waals surface area contributed by atoms with Crippen molar-refractivity contribution in [1.82, 2.24) is 20.2 Å². The van der Waals surface area contributed by atoms with Gasteiger partial charge in [0.25, 0.3) is 5.91 Å². The number of nitrogens with zero attached hydrogens (tertiary/aromatic N) is 3. The van der Waals surface area contributed by atoms with Gasteiger partial charge in [-0.2, -0.15) is 5.10 Å². The summed E-state index contributed by atoms with van der Waals surface area (Å²) >= 11 is 3.32. The first-order valence-electron chi connectivity index (χ1n) is 6.92. The molecule has 0 spiro atoms. The van der Waals surface area contributed by atoms with E-state index in [2.05, 4.69) is 41.4 Å². The minimum atomic E-state index is -1.02. The molecule has 2 rings (SSSR count). The summed E-state index contributed by atoms with van der Waals surface area (Å²) in [5.74, 6) is -0.922.